The van der Waals surface area contributed by atoms with E-state index in [-0.39, 0.29) is 6.61 Å². The van der Waals surface area contributed by atoms with Crippen molar-refractivity contribution in [1.82, 2.24) is 4.90 Å². The molecule has 0 bridgehead atoms. The van der Waals surface area contributed by atoms with Crippen LogP contribution in [0.15, 0.2) is 0 Å². The van der Waals surface area contributed by atoms with Gasteiger partial charge in [0.25, 0.3) is 0 Å². The molecule has 0 aromatic carbocycles. The normalized spacial score (nSPS) is 12.5. The van der Waals surface area contributed by atoms with Gasteiger partial charge in [0.05, 0.1) is 6.61 Å². The van der Waals surface area contributed by atoms with Gasteiger partial charge in [-0.3, -0.25) is 0 Å². The van der Waals surface area contributed by atoms with E-state index in [1.54, 1.807) is 0 Å². The molecule has 0 rings (SSSR count). The zero-order valence-electron chi connectivity index (χ0n) is 8.22. The molecule has 2 nitrogen and oxygen atoms in total. The summed E-state index contributed by atoms with van der Waals surface area (Å²) < 4.78 is 0. The van der Waals surface area contributed by atoms with Crippen LogP contribution in [0, 0.1) is 5.41 Å². The highest BCUT2D eigenvalue weighted by Gasteiger charge is 2.10. The molecule has 0 radical (unpaired) electrons. The number of hydrogen-bond acceptors (Lipinski definition) is 2. The molecule has 0 aromatic rings. The Labute approximate surface area is 70.2 Å². The molecule has 0 aromatic heterocycles. The van der Waals surface area contributed by atoms with Crippen LogP contribution >= 0.6 is 0 Å². The van der Waals surface area contributed by atoms with E-state index < -0.39 is 0 Å². The summed E-state index contributed by atoms with van der Waals surface area (Å²) in [5, 5.41) is 8.62. The zero-order valence-corrected chi connectivity index (χ0v) is 8.22. The SMILES string of the molecule is CN(CCO)CCC(C)(C)C. The van der Waals surface area contributed by atoms with Gasteiger partial charge in [0.15, 0.2) is 0 Å². The minimum Gasteiger partial charge on any atom is -0.395 e. The molecule has 0 aliphatic rings. The maximum Gasteiger partial charge on any atom is 0.0558 e. The number of hydrogen-bond donors (Lipinski definition) is 1. The molecule has 68 valence electrons. The van der Waals surface area contributed by atoms with E-state index in [9.17, 15) is 0 Å². The van der Waals surface area contributed by atoms with Gasteiger partial charge in [0.1, 0.15) is 0 Å². The third kappa shape index (κ3) is 7.82. The summed E-state index contributed by atoms with van der Waals surface area (Å²) in [6, 6.07) is 0. The van der Waals surface area contributed by atoms with E-state index in [1.165, 1.54) is 6.42 Å². The lowest BCUT2D eigenvalue weighted by Gasteiger charge is -2.22. The molecule has 0 heterocycles. The molecule has 0 amide bonds. The molecule has 0 aliphatic heterocycles. The minimum absolute atomic E-state index is 0.265. The zero-order chi connectivity index (χ0) is 8.91. The van der Waals surface area contributed by atoms with Crippen molar-refractivity contribution in [1.29, 1.82) is 0 Å². The van der Waals surface area contributed by atoms with Crippen LogP contribution in [0.1, 0.15) is 27.2 Å². The summed E-state index contributed by atoms with van der Waals surface area (Å²) in [5.41, 5.74) is 0.406. The van der Waals surface area contributed by atoms with Crippen molar-refractivity contribution >= 4 is 0 Å². The first-order valence-electron chi connectivity index (χ1n) is 4.25. The van der Waals surface area contributed by atoms with Crippen LogP contribution in [-0.4, -0.2) is 36.8 Å². The second-order valence-corrected chi connectivity index (χ2v) is 4.34. The minimum atomic E-state index is 0.265. The van der Waals surface area contributed by atoms with Crippen molar-refractivity contribution in [2.24, 2.45) is 5.41 Å². The molecule has 0 unspecified atom stereocenters. The van der Waals surface area contributed by atoms with E-state index in [0.717, 1.165) is 13.1 Å². The fourth-order valence-electron chi connectivity index (χ4n) is 0.809. The molecule has 0 saturated carbocycles. The Kier molecular flexibility index (Phi) is 4.69. The second-order valence-electron chi connectivity index (χ2n) is 4.34. The second kappa shape index (κ2) is 4.73. The predicted octanol–water partition coefficient (Wildman–Crippen LogP) is 1.35. The standard InChI is InChI=1S/C9H21NO/c1-9(2,3)5-6-10(4)7-8-11/h11H,5-8H2,1-4H3. The lowest BCUT2D eigenvalue weighted by molar-refractivity contribution is 0.202. The van der Waals surface area contributed by atoms with Crippen molar-refractivity contribution in [2.45, 2.75) is 27.2 Å². The molecule has 11 heavy (non-hydrogen) atoms. The third-order valence-electron chi connectivity index (χ3n) is 1.73. The highest BCUT2D eigenvalue weighted by Crippen LogP contribution is 2.18. The van der Waals surface area contributed by atoms with Crippen LogP contribution in [0.3, 0.4) is 0 Å². The van der Waals surface area contributed by atoms with Crippen molar-refractivity contribution < 1.29 is 5.11 Å². The van der Waals surface area contributed by atoms with Gasteiger partial charge in [-0.1, -0.05) is 20.8 Å². The van der Waals surface area contributed by atoms with Crippen molar-refractivity contribution in [3.8, 4) is 0 Å². The van der Waals surface area contributed by atoms with E-state index in [0.29, 0.717) is 5.41 Å². The van der Waals surface area contributed by atoms with Gasteiger partial charge < -0.3 is 10.0 Å². The van der Waals surface area contributed by atoms with E-state index >= 15 is 0 Å². The fourth-order valence-corrected chi connectivity index (χ4v) is 0.809. The van der Waals surface area contributed by atoms with Crippen LogP contribution in [0.25, 0.3) is 0 Å². The topological polar surface area (TPSA) is 23.5 Å². The summed E-state index contributed by atoms with van der Waals surface area (Å²) in [4.78, 5) is 2.16. The summed E-state index contributed by atoms with van der Waals surface area (Å²) in [7, 11) is 2.04. The van der Waals surface area contributed by atoms with Gasteiger partial charge >= 0.3 is 0 Å². The largest absolute Gasteiger partial charge is 0.395 e. The lowest BCUT2D eigenvalue weighted by Crippen LogP contribution is -2.26. The van der Waals surface area contributed by atoms with Crippen LogP contribution in [0.4, 0.5) is 0 Å². The molecule has 1 N–H and O–H groups in total. The van der Waals surface area contributed by atoms with E-state index in [1.807, 2.05) is 7.05 Å². The summed E-state index contributed by atoms with van der Waals surface area (Å²) >= 11 is 0. The van der Waals surface area contributed by atoms with Crippen LogP contribution in [-0.2, 0) is 0 Å². The number of aliphatic hydroxyl groups is 1. The van der Waals surface area contributed by atoms with Gasteiger partial charge in [0.2, 0.25) is 0 Å². The average molecular weight is 159 g/mol. The van der Waals surface area contributed by atoms with Gasteiger partial charge in [-0.2, -0.15) is 0 Å². The Morgan fingerprint density at radius 1 is 1.18 bits per heavy atom. The molecule has 2 heteroatoms. The fraction of sp³-hybridized carbons (Fsp3) is 1.00. The highest BCUT2D eigenvalue weighted by atomic mass is 16.3. The monoisotopic (exact) mass is 159 g/mol. The summed E-state index contributed by atoms with van der Waals surface area (Å²) in [6.07, 6.45) is 1.18. The van der Waals surface area contributed by atoms with Crippen molar-refractivity contribution in [3.05, 3.63) is 0 Å². The Hall–Kier alpha value is -0.0800. The number of rotatable bonds is 4. The van der Waals surface area contributed by atoms with Crippen LogP contribution in [0.5, 0.6) is 0 Å². The number of nitrogens with zero attached hydrogens (tertiary/aromatic N) is 1. The highest BCUT2D eigenvalue weighted by molar-refractivity contribution is 4.63. The Morgan fingerprint density at radius 2 is 1.73 bits per heavy atom. The summed E-state index contributed by atoms with van der Waals surface area (Å²) in [5.74, 6) is 0. The van der Waals surface area contributed by atoms with Crippen molar-refractivity contribution in [2.75, 3.05) is 26.7 Å². The summed E-state index contributed by atoms with van der Waals surface area (Å²) in [6.45, 7) is 8.83. The molecule has 0 fully saturated rings. The molecule has 0 atom stereocenters. The molecule has 0 aliphatic carbocycles. The molecule has 0 saturated heterocycles. The molecular formula is C9H21NO. The maximum absolute atomic E-state index is 8.62. The molecule has 0 spiro atoms. The van der Waals surface area contributed by atoms with Crippen LogP contribution in [0.2, 0.25) is 0 Å². The first kappa shape index (κ1) is 10.9. The van der Waals surface area contributed by atoms with Crippen molar-refractivity contribution in [3.63, 3.8) is 0 Å². The Balaban J connectivity index is 3.38. The van der Waals surface area contributed by atoms with Gasteiger partial charge in [0, 0.05) is 6.54 Å². The number of likely N-dealkylation sites (N-methyl/N-ethyl adjacent to an activating group) is 1. The predicted molar refractivity (Wildman–Crippen MR) is 48.7 cm³/mol. The number of aliphatic hydroxyl groups excluding tert-OH is 1. The lowest BCUT2D eigenvalue weighted by atomic mass is 9.92. The first-order chi connectivity index (χ1) is 4.95. The first-order valence-corrected chi connectivity index (χ1v) is 4.25. The van der Waals surface area contributed by atoms with E-state index in [4.69, 9.17) is 5.11 Å². The smallest absolute Gasteiger partial charge is 0.0558 e. The van der Waals surface area contributed by atoms with E-state index in [2.05, 4.69) is 25.7 Å². The third-order valence-corrected chi connectivity index (χ3v) is 1.73. The van der Waals surface area contributed by atoms with Crippen LogP contribution < -0.4 is 0 Å². The quantitative estimate of drug-likeness (QED) is 0.669. The maximum atomic E-state index is 8.62. The van der Waals surface area contributed by atoms with Gasteiger partial charge in [-0.25, -0.2) is 0 Å². The van der Waals surface area contributed by atoms with Gasteiger partial charge in [-0.15, -0.1) is 0 Å². The Bertz CT molecular complexity index is 96.2. The average Bonchev–Trinajstić information content (AvgIpc) is 1.83. The Morgan fingerprint density at radius 3 is 2.09 bits per heavy atom. The molecular weight excluding hydrogens is 138 g/mol. The van der Waals surface area contributed by atoms with Gasteiger partial charge in [-0.05, 0) is 25.4 Å².